The molecule has 0 radical (unpaired) electrons. The first-order valence-corrected chi connectivity index (χ1v) is 5.22. The number of amides is 1. The van der Waals surface area contributed by atoms with Crippen LogP contribution in [0.5, 0.6) is 0 Å². The van der Waals surface area contributed by atoms with Crippen molar-refractivity contribution in [1.82, 2.24) is 20.5 Å². The molecule has 1 heterocycles. The summed E-state index contributed by atoms with van der Waals surface area (Å²) in [5.74, 6) is 1.18. The van der Waals surface area contributed by atoms with E-state index in [1.807, 2.05) is 0 Å². The molecule has 0 aliphatic carbocycles. The Morgan fingerprint density at radius 2 is 2.50 bits per heavy atom. The summed E-state index contributed by atoms with van der Waals surface area (Å²) >= 11 is 1.48. The zero-order valence-electron chi connectivity index (χ0n) is 7.91. The maximum absolute atomic E-state index is 10.8. The van der Waals surface area contributed by atoms with Crippen molar-refractivity contribution in [2.75, 3.05) is 18.5 Å². The van der Waals surface area contributed by atoms with E-state index in [1.165, 1.54) is 11.8 Å². The van der Waals surface area contributed by atoms with Gasteiger partial charge in [0, 0.05) is 19.2 Å². The lowest BCUT2D eigenvalue weighted by Crippen LogP contribution is -2.17. The van der Waals surface area contributed by atoms with Crippen molar-refractivity contribution in [3.05, 3.63) is 0 Å². The van der Waals surface area contributed by atoms with Gasteiger partial charge < -0.3 is 11.1 Å². The molecule has 1 amide bonds. The molecule has 0 spiro atoms. The third-order valence-electron chi connectivity index (χ3n) is 1.54. The number of nitrogens with one attached hydrogen (secondary N) is 2. The topological polar surface area (TPSA) is 96.7 Å². The molecule has 0 atom stereocenters. The second kappa shape index (κ2) is 5.48. The van der Waals surface area contributed by atoms with Crippen molar-refractivity contribution in [3.63, 3.8) is 0 Å². The van der Waals surface area contributed by atoms with Gasteiger partial charge in [0.2, 0.25) is 17.0 Å². The van der Waals surface area contributed by atoms with E-state index >= 15 is 0 Å². The Bertz CT molecular complexity index is 300. The predicted octanol–water partition coefficient (Wildman–Crippen LogP) is 0.00520. The number of carbonyl (C=O) groups is 1. The van der Waals surface area contributed by atoms with E-state index < -0.39 is 0 Å². The molecule has 0 aliphatic rings. The number of aromatic nitrogens is 3. The number of nitrogens with zero attached hydrogens (tertiary/aromatic N) is 2. The van der Waals surface area contributed by atoms with E-state index in [-0.39, 0.29) is 5.91 Å². The van der Waals surface area contributed by atoms with Gasteiger partial charge in [0.05, 0.1) is 0 Å². The highest BCUT2D eigenvalue weighted by Crippen LogP contribution is 2.14. The van der Waals surface area contributed by atoms with Crippen LogP contribution in [0.4, 0.5) is 5.95 Å². The Balaban J connectivity index is 2.13. The number of aromatic amines is 1. The Morgan fingerprint density at radius 3 is 3.07 bits per heavy atom. The molecule has 1 aromatic rings. The maximum Gasteiger partial charge on any atom is 0.219 e. The lowest BCUT2D eigenvalue weighted by Gasteiger charge is -1.97. The lowest BCUT2D eigenvalue weighted by atomic mass is 10.3. The molecule has 1 rings (SSSR count). The summed E-state index contributed by atoms with van der Waals surface area (Å²) in [4.78, 5) is 14.8. The molecule has 1 aromatic heterocycles. The van der Waals surface area contributed by atoms with Crippen LogP contribution in [0.2, 0.25) is 0 Å². The Hall–Kier alpha value is -1.24. The highest BCUT2D eigenvalue weighted by atomic mass is 32.2. The minimum atomic E-state index is 0.0556. The van der Waals surface area contributed by atoms with Crippen molar-refractivity contribution in [2.45, 2.75) is 18.0 Å². The molecule has 4 N–H and O–H groups in total. The van der Waals surface area contributed by atoms with Crippen LogP contribution in [0.15, 0.2) is 5.16 Å². The van der Waals surface area contributed by atoms with Gasteiger partial charge in [-0.25, -0.2) is 5.10 Å². The van der Waals surface area contributed by atoms with Crippen LogP contribution in [0.1, 0.15) is 12.8 Å². The van der Waals surface area contributed by atoms with Gasteiger partial charge in [-0.2, -0.15) is 4.98 Å². The number of carbonyl (C=O) groups excluding carboxylic acids is 1. The first kappa shape index (κ1) is 10.8. The standard InChI is InChI=1S/C7H13N5OS/c1-9-5(13)3-2-4-14-7-10-6(8)11-12-7/h2-4H2,1H3,(H,9,13)(H3,8,10,11,12). The van der Waals surface area contributed by atoms with Crippen LogP contribution in [-0.2, 0) is 4.79 Å². The van der Waals surface area contributed by atoms with Gasteiger partial charge in [-0.1, -0.05) is 11.8 Å². The predicted molar refractivity (Wildman–Crippen MR) is 54.8 cm³/mol. The molecular weight excluding hydrogens is 202 g/mol. The molecule has 0 aromatic carbocycles. The van der Waals surface area contributed by atoms with E-state index in [1.54, 1.807) is 7.05 Å². The number of nitrogens with two attached hydrogens (primary N) is 1. The van der Waals surface area contributed by atoms with Crippen molar-refractivity contribution in [3.8, 4) is 0 Å². The van der Waals surface area contributed by atoms with Crippen LogP contribution < -0.4 is 11.1 Å². The highest BCUT2D eigenvalue weighted by Gasteiger charge is 2.02. The van der Waals surface area contributed by atoms with Crippen LogP contribution in [-0.4, -0.2) is 33.9 Å². The maximum atomic E-state index is 10.8. The summed E-state index contributed by atoms with van der Waals surface area (Å²) < 4.78 is 0. The minimum Gasteiger partial charge on any atom is -0.368 e. The number of hydrogen-bond donors (Lipinski definition) is 3. The normalized spacial score (nSPS) is 10.1. The van der Waals surface area contributed by atoms with Gasteiger partial charge in [-0.3, -0.25) is 4.79 Å². The van der Waals surface area contributed by atoms with E-state index in [0.717, 1.165) is 12.2 Å². The molecule has 6 nitrogen and oxygen atoms in total. The fraction of sp³-hybridized carbons (Fsp3) is 0.571. The largest absolute Gasteiger partial charge is 0.368 e. The number of thioether (sulfide) groups is 1. The summed E-state index contributed by atoms with van der Waals surface area (Å²) in [6, 6.07) is 0. The molecule has 0 fully saturated rings. The molecule has 0 aliphatic heterocycles. The molecule has 0 saturated heterocycles. The second-order valence-electron chi connectivity index (χ2n) is 2.63. The third kappa shape index (κ3) is 3.65. The first-order valence-electron chi connectivity index (χ1n) is 4.23. The average Bonchev–Trinajstić information content (AvgIpc) is 2.58. The zero-order valence-corrected chi connectivity index (χ0v) is 8.73. The third-order valence-corrected chi connectivity index (χ3v) is 2.47. The monoisotopic (exact) mass is 215 g/mol. The van der Waals surface area contributed by atoms with E-state index in [9.17, 15) is 4.79 Å². The Kier molecular flexibility index (Phi) is 4.24. The summed E-state index contributed by atoms with van der Waals surface area (Å²) in [6.07, 6.45) is 1.34. The zero-order chi connectivity index (χ0) is 10.4. The van der Waals surface area contributed by atoms with E-state index in [2.05, 4.69) is 20.5 Å². The lowest BCUT2D eigenvalue weighted by molar-refractivity contribution is -0.120. The van der Waals surface area contributed by atoms with Crippen molar-refractivity contribution < 1.29 is 4.79 Å². The number of nitrogen functional groups attached to an aromatic ring is 1. The molecule has 0 saturated carbocycles. The number of hydrogen-bond acceptors (Lipinski definition) is 5. The van der Waals surface area contributed by atoms with Gasteiger partial charge in [-0.05, 0) is 6.42 Å². The van der Waals surface area contributed by atoms with Crippen molar-refractivity contribution >= 4 is 23.6 Å². The molecule has 14 heavy (non-hydrogen) atoms. The van der Waals surface area contributed by atoms with E-state index in [4.69, 9.17) is 5.73 Å². The number of anilines is 1. The Labute approximate surface area is 86.0 Å². The highest BCUT2D eigenvalue weighted by molar-refractivity contribution is 7.99. The smallest absolute Gasteiger partial charge is 0.219 e. The average molecular weight is 215 g/mol. The quantitative estimate of drug-likeness (QED) is 0.474. The molecule has 7 heteroatoms. The van der Waals surface area contributed by atoms with Crippen molar-refractivity contribution in [2.24, 2.45) is 0 Å². The second-order valence-corrected chi connectivity index (χ2v) is 3.69. The van der Waals surface area contributed by atoms with Crippen LogP contribution >= 0.6 is 11.8 Å². The molecule has 0 unspecified atom stereocenters. The van der Waals surface area contributed by atoms with E-state index in [0.29, 0.717) is 17.5 Å². The van der Waals surface area contributed by atoms with Gasteiger partial charge in [0.25, 0.3) is 0 Å². The molecular formula is C7H13N5OS. The fourth-order valence-electron chi connectivity index (χ4n) is 0.844. The molecule has 0 bridgehead atoms. The van der Waals surface area contributed by atoms with Gasteiger partial charge in [0.15, 0.2) is 0 Å². The number of H-pyrrole nitrogens is 1. The first-order chi connectivity index (χ1) is 6.72. The fourth-order valence-corrected chi connectivity index (χ4v) is 1.59. The summed E-state index contributed by atoms with van der Waals surface area (Å²) in [5.41, 5.74) is 5.35. The van der Waals surface area contributed by atoms with Crippen LogP contribution in [0.3, 0.4) is 0 Å². The molecule has 78 valence electrons. The van der Waals surface area contributed by atoms with Gasteiger partial charge >= 0.3 is 0 Å². The van der Waals surface area contributed by atoms with Gasteiger partial charge in [-0.15, -0.1) is 5.10 Å². The SMILES string of the molecule is CNC(=O)CCCSc1n[nH]c(N)n1. The Morgan fingerprint density at radius 1 is 1.71 bits per heavy atom. The summed E-state index contributed by atoms with van der Waals surface area (Å²) in [6.45, 7) is 0. The van der Waals surface area contributed by atoms with Gasteiger partial charge in [0.1, 0.15) is 0 Å². The number of rotatable bonds is 5. The van der Waals surface area contributed by atoms with Crippen molar-refractivity contribution in [1.29, 1.82) is 0 Å². The summed E-state index contributed by atoms with van der Waals surface area (Å²) in [5, 5.41) is 9.59. The summed E-state index contributed by atoms with van der Waals surface area (Å²) in [7, 11) is 1.63. The van der Waals surface area contributed by atoms with Crippen LogP contribution in [0.25, 0.3) is 0 Å². The van der Waals surface area contributed by atoms with Crippen LogP contribution in [0, 0.1) is 0 Å². The minimum absolute atomic E-state index is 0.0556.